The summed E-state index contributed by atoms with van der Waals surface area (Å²) in [5.41, 5.74) is 3.12. The van der Waals surface area contributed by atoms with Crippen LogP contribution in [-0.4, -0.2) is 33.0 Å². The van der Waals surface area contributed by atoms with Crippen LogP contribution in [0.4, 0.5) is 5.69 Å². The molecule has 176 valence electrons. The van der Waals surface area contributed by atoms with Gasteiger partial charge in [-0.1, -0.05) is 60.3 Å². The third kappa shape index (κ3) is 5.89. The number of nitrogens with zero attached hydrogens (tertiary/aromatic N) is 4. The van der Waals surface area contributed by atoms with Gasteiger partial charge in [0.05, 0.1) is 29.6 Å². The van der Waals surface area contributed by atoms with Crippen LogP contribution in [0.3, 0.4) is 0 Å². The molecule has 1 atom stereocenters. The van der Waals surface area contributed by atoms with Gasteiger partial charge in [-0.05, 0) is 49.2 Å². The van der Waals surface area contributed by atoms with Crippen LogP contribution in [0.15, 0.2) is 84.0 Å². The van der Waals surface area contributed by atoms with E-state index in [-0.39, 0.29) is 5.91 Å². The van der Waals surface area contributed by atoms with Gasteiger partial charge in [0.25, 0.3) is 0 Å². The first kappa shape index (κ1) is 24.0. The van der Waals surface area contributed by atoms with Gasteiger partial charge in [0.2, 0.25) is 5.91 Å². The average molecular weight is 484 g/mol. The molecule has 4 aromatic rings. The number of aryl methyl sites for hydroxylation is 1. The summed E-state index contributed by atoms with van der Waals surface area (Å²) < 4.78 is 7.59. The average Bonchev–Trinajstić information content (AvgIpc) is 3.29. The van der Waals surface area contributed by atoms with Crippen LogP contribution in [0.25, 0.3) is 11.4 Å². The van der Waals surface area contributed by atoms with E-state index in [1.807, 2.05) is 54.0 Å². The van der Waals surface area contributed by atoms with Crippen molar-refractivity contribution in [3.8, 4) is 23.2 Å². The molecule has 0 fully saturated rings. The Morgan fingerprint density at radius 1 is 1.09 bits per heavy atom. The topological polar surface area (TPSA) is 92.8 Å². The molecule has 0 bridgehead atoms. The number of carbonyl (C=O) groups is 1. The molecule has 0 aliphatic heterocycles. The van der Waals surface area contributed by atoms with Crippen molar-refractivity contribution in [2.75, 3.05) is 12.4 Å². The van der Waals surface area contributed by atoms with E-state index in [1.165, 1.54) is 17.3 Å². The van der Waals surface area contributed by atoms with Crippen LogP contribution < -0.4 is 10.1 Å². The Balaban J connectivity index is 1.59. The number of nitriles is 1. The zero-order valence-corrected chi connectivity index (χ0v) is 20.3. The second-order valence-corrected chi connectivity index (χ2v) is 9.14. The second-order valence-electron chi connectivity index (χ2n) is 7.84. The molecule has 1 N–H and O–H groups in total. The Morgan fingerprint density at radius 2 is 1.86 bits per heavy atom. The smallest absolute Gasteiger partial charge is 0.237 e. The van der Waals surface area contributed by atoms with Gasteiger partial charge in [-0.3, -0.25) is 4.79 Å². The predicted molar refractivity (Wildman–Crippen MR) is 137 cm³/mol. The van der Waals surface area contributed by atoms with Gasteiger partial charge >= 0.3 is 0 Å². The number of benzene rings is 3. The van der Waals surface area contributed by atoms with E-state index in [2.05, 4.69) is 33.7 Å². The summed E-state index contributed by atoms with van der Waals surface area (Å²) in [5.74, 6) is 1.22. The Bertz CT molecular complexity index is 1350. The summed E-state index contributed by atoms with van der Waals surface area (Å²) in [4.78, 5) is 12.9. The lowest BCUT2D eigenvalue weighted by Crippen LogP contribution is -2.23. The van der Waals surface area contributed by atoms with Crippen LogP contribution in [0.1, 0.15) is 18.1 Å². The largest absolute Gasteiger partial charge is 0.496 e. The van der Waals surface area contributed by atoms with Crippen molar-refractivity contribution < 1.29 is 9.53 Å². The molecule has 0 saturated carbocycles. The maximum absolute atomic E-state index is 12.9. The second kappa shape index (κ2) is 11.4. The number of hydrogen-bond acceptors (Lipinski definition) is 6. The van der Waals surface area contributed by atoms with Crippen molar-refractivity contribution in [1.82, 2.24) is 14.8 Å². The lowest BCUT2D eigenvalue weighted by atomic mass is 10.1. The molecule has 4 rings (SSSR count). The Kier molecular flexibility index (Phi) is 7.81. The highest BCUT2D eigenvalue weighted by molar-refractivity contribution is 8.00. The summed E-state index contributed by atoms with van der Waals surface area (Å²) in [6, 6.07) is 26.8. The first-order valence-corrected chi connectivity index (χ1v) is 12.0. The van der Waals surface area contributed by atoms with E-state index in [0.29, 0.717) is 34.5 Å². The molecule has 0 spiro atoms. The standard InChI is InChI=1S/C27H25N5O2S/c1-19(26(33)29-22-12-8-11-21(17-22)18-28)35-27-31-30-25(23-13-6-7-14-24(23)34-2)32(27)16-15-20-9-4-3-5-10-20/h3-14,17,19H,15-16H2,1-2H3,(H,29,33). The predicted octanol–water partition coefficient (Wildman–Crippen LogP) is 5.19. The van der Waals surface area contributed by atoms with Gasteiger partial charge in [0.15, 0.2) is 11.0 Å². The van der Waals surface area contributed by atoms with Gasteiger partial charge in [0, 0.05) is 12.2 Å². The zero-order valence-electron chi connectivity index (χ0n) is 19.5. The molecule has 0 radical (unpaired) electrons. The molecule has 3 aromatic carbocycles. The minimum atomic E-state index is -0.439. The van der Waals surface area contributed by atoms with Gasteiger partial charge in [0.1, 0.15) is 5.75 Å². The highest BCUT2D eigenvalue weighted by atomic mass is 32.2. The minimum absolute atomic E-state index is 0.179. The van der Waals surface area contributed by atoms with Crippen molar-refractivity contribution in [3.05, 3.63) is 90.0 Å². The van der Waals surface area contributed by atoms with E-state index >= 15 is 0 Å². The quantitative estimate of drug-likeness (QED) is 0.330. The number of para-hydroxylation sites is 1. The number of aromatic nitrogens is 3. The molecule has 7 nitrogen and oxygen atoms in total. The zero-order chi connectivity index (χ0) is 24.6. The number of thioether (sulfide) groups is 1. The minimum Gasteiger partial charge on any atom is -0.496 e. The number of hydrogen-bond donors (Lipinski definition) is 1. The fourth-order valence-corrected chi connectivity index (χ4v) is 4.49. The van der Waals surface area contributed by atoms with E-state index in [0.717, 1.165) is 12.0 Å². The summed E-state index contributed by atoms with van der Waals surface area (Å²) >= 11 is 1.34. The number of methoxy groups -OCH3 is 1. The molecule has 1 heterocycles. The van der Waals surface area contributed by atoms with Crippen LogP contribution >= 0.6 is 11.8 Å². The van der Waals surface area contributed by atoms with E-state index in [4.69, 9.17) is 10.00 Å². The van der Waals surface area contributed by atoms with Crippen molar-refractivity contribution in [3.63, 3.8) is 0 Å². The summed E-state index contributed by atoms with van der Waals surface area (Å²) in [6.07, 6.45) is 0.788. The number of rotatable bonds is 9. The van der Waals surface area contributed by atoms with Crippen molar-refractivity contribution in [2.24, 2.45) is 0 Å². The van der Waals surface area contributed by atoms with Gasteiger partial charge < -0.3 is 14.6 Å². The number of carbonyl (C=O) groups excluding carboxylic acids is 1. The van der Waals surface area contributed by atoms with Crippen LogP contribution in [0.2, 0.25) is 0 Å². The molecule has 0 saturated heterocycles. The van der Waals surface area contributed by atoms with Crippen molar-refractivity contribution in [2.45, 2.75) is 30.3 Å². The van der Waals surface area contributed by atoms with Crippen LogP contribution in [0.5, 0.6) is 5.75 Å². The summed E-state index contributed by atoms with van der Waals surface area (Å²) in [6.45, 7) is 2.47. The fraction of sp³-hybridized carbons (Fsp3) is 0.185. The third-order valence-corrected chi connectivity index (χ3v) is 6.52. The molecular formula is C27H25N5O2S. The number of amides is 1. The molecule has 1 amide bonds. The third-order valence-electron chi connectivity index (χ3n) is 5.44. The monoisotopic (exact) mass is 483 g/mol. The molecule has 0 aliphatic carbocycles. The molecule has 1 unspecified atom stereocenters. The fourth-order valence-electron chi connectivity index (χ4n) is 3.61. The molecular weight excluding hydrogens is 458 g/mol. The Morgan fingerprint density at radius 3 is 2.63 bits per heavy atom. The lowest BCUT2D eigenvalue weighted by molar-refractivity contribution is -0.115. The first-order chi connectivity index (χ1) is 17.1. The maximum atomic E-state index is 12.9. The number of nitrogens with one attached hydrogen (secondary N) is 1. The molecule has 35 heavy (non-hydrogen) atoms. The number of anilines is 1. The maximum Gasteiger partial charge on any atom is 0.237 e. The normalized spacial score (nSPS) is 11.5. The molecule has 8 heteroatoms. The van der Waals surface area contributed by atoms with Gasteiger partial charge in [-0.2, -0.15) is 5.26 Å². The highest BCUT2D eigenvalue weighted by Crippen LogP contribution is 2.32. The summed E-state index contributed by atoms with van der Waals surface area (Å²) in [7, 11) is 1.63. The van der Waals surface area contributed by atoms with E-state index in [1.54, 1.807) is 31.4 Å². The first-order valence-electron chi connectivity index (χ1n) is 11.2. The van der Waals surface area contributed by atoms with Crippen molar-refractivity contribution >= 4 is 23.4 Å². The van der Waals surface area contributed by atoms with Crippen LogP contribution in [-0.2, 0) is 17.8 Å². The van der Waals surface area contributed by atoms with Crippen LogP contribution in [0, 0.1) is 11.3 Å². The SMILES string of the molecule is COc1ccccc1-c1nnc(SC(C)C(=O)Nc2cccc(C#N)c2)n1CCc1ccccc1. The van der Waals surface area contributed by atoms with Crippen molar-refractivity contribution in [1.29, 1.82) is 5.26 Å². The van der Waals surface area contributed by atoms with Gasteiger partial charge in [-0.25, -0.2) is 0 Å². The van der Waals surface area contributed by atoms with E-state index in [9.17, 15) is 4.79 Å². The summed E-state index contributed by atoms with van der Waals surface area (Å²) in [5, 5.41) is 21.1. The van der Waals surface area contributed by atoms with E-state index < -0.39 is 5.25 Å². The molecule has 1 aromatic heterocycles. The molecule has 0 aliphatic rings. The van der Waals surface area contributed by atoms with Gasteiger partial charge in [-0.15, -0.1) is 10.2 Å². The Hall–Kier alpha value is -4.09. The number of ether oxygens (including phenoxy) is 1. The Labute approximate surface area is 208 Å². The lowest BCUT2D eigenvalue weighted by Gasteiger charge is -2.15. The highest BCUT2D eigenvalue weighted by Gasteiger charge is 2.22.